The standard InChI is InChI=1S/C25H31N5O2/c1-28-22-13-14-29(16-18-9-5-4-6-10-18)17-21(22)25(32)30-24(28)20(15-26-30)23(31)27-19-11-7-2-3-8-12-19/h4-6,9-10,15,19H,2-3,7-8,11-14,16-17H2,1H3,(H,27,31). The molecule has 7 heteroatoms. The zero-order valence-corrected chi connectivity index (χ0v) is 18.7. The van der Waals surface area contributed by atoms with E-state index in [1.807, 2.05) is 29.8 Å². The normalized spacial score (nSPS) is 17.8. The summed E-state index contributed by atoms with van der Waals surface area (Å²) in [4.78, 5) is 28.7. The summed E-state index contributed by atoms with van der Waals surface area (Å²) in [5.74, 6) is -0.122. The topological polar surface area (TPSA) is 71.6 Å². The summed E-state index contributed by atoms with van der Waals surface area (Å²) in [7, 11) is 1.95. The molecule has 5 rings (SSSR count). The Hall–Kier alpha value is -2.93. The van der Waals surface area contributed by atoms with Gasteiger partial charge in [-0.15, -0.1) is 0 Å². The van der Waals surface area contributed by atoms with Crippen molar-refractivity contribution in [3.05, 3.63) is 69.3 Å². The summed E-state index contributed by atoms with van der Waals surface area (Å²) in [5, 5.41) is 7.53. The first-order valence-electron chi connectivity index (χ1n) is 11.8. The molecule has 1 aliphatic heterocycles. The summed E-state index contributed by atoms with van der Waals surface area (Å²) >= 11 is 0. The van der Waals surface area contributed by atoms with Crippen LogP contribution in [0.25, 0.3) is 5.65 Å². The van der Waals surface area contributed by atoms with Gasteiger partial charge in [0.2, 0.25) is 0 Å². The van der Waals surface area contributed by atoms with Crippen LogP contribution >= 0.6 is 0 Å². The van der Waals surface area contributed by atoms with E-state index in [1.54, 1.807) is 6.20 Å². The number of nitrogens with one attached hydrogen (secondary N) is 1. The van der Waals surface area contributed by atoms with Gasteiger partial charge in [-0.2, -0.15) is 9.61 Å². The van der Waals surface area contributed by atoms with Crippen LogP contribution in [0.2, 0.25) is 0 Å². The number of carbonyl (C=O) groups is 1. The maximum Gasteiger partial charge on any atom is 0.279 e. The largest absolute Gasteiger partial charge is 0.349 e. The average molecular weight is 434 g/mol. The third kappa shape index (κ3) is 3.97. The lowest BCUT2D eigenvalue weighted by atomic mass is 10.0. The molecule has 1 fully saturated rings. The van der Waals surface area contributed by atoms with E-state index in [2.05, 4.69) is 27.4 Å². The highest BCUT2D eigenvalue weighted by Crippen LogP contribution is 2.22. The first-order chi connectivity index (χ1) is 15.6. The molecule has 1 amide bonds. The molecule has 3 heterocycles. The first kappa shape index (κ1) is 20.9. The summed E-state index contributed by atoms with van der Waals surface area (Å²) in [6.45, 7) is 2.29. The number of benzene rings is 1. The fourth-order valence-corrected chi connectivity index (χ4v) is 5.26. The molecule has 2 aliphatic rings. The molecular formula is C25H31N5O2. The quantitative estimate of drug-likeness (QED) is 0.642. The lowest BCUT2D eigenvalue weighted by Crippen LogP contribution is -2.38. The minimum Gasteiger partial charge on any atom is -0.349 e. The van der Waals surface area contributed by atoms with E-state index < -0.39 is 0 Å². The fraction of sp³-hybridized carbons (Fsp3) is 0.480. The first-order valence-corrected chi connectivity index (χ1v) is 11.8. The number of rotatable bonds is 4. The molecule has 3 aromatic rings. The molecule has 1 N–H and O–H groups in total. The Kier molecular flexibility index (Phi) is 5.83. The van der Waals surface area contributed by atoms with Gasteiger partial charge in [0.25, 0.3) is 11.5 Å². The van der Waals surface area contributed by atoms with E-state index in [9.17, 15) is 9.59 Å². The van der Waals surface area contributed by atoms with E-state index in [0.29, 0.717) is 17.8 Å². The van der Waals surface area contributed by atoms with E-state index in [1.165, 1.54) is 22.9 Å². The third-order valence-electron chi connectivity index (χ3n) is 7.00. The maximum absolute atomic E-state index is 13.3. The molecule has 168 valence electrons. The summed E-state index contributed by atoms with van der Waals surface area (Å²) in [6.07, 6.45) is 9.18. The lowest BCUT2D eigenvalue weighted by molar-refractivity contribution is 0.0934. The Balaban J connectivity index is 1.43. The van der Waals surface area contributed by atoms with Crippen LogP contribution in [0.15, 0.2) is 41.3 Å². The zero-order valence-electron chi connectivity index (χ0n) is 18.7. The van der Waals surface area contributed by atoms with Crippen LogP contribution in [0.4, 0.5) is 0 Å². The van der Waals surface area contributed by atoms with Gasteiger partial charge in [-0.25, -0.2) is 0 Å². The number of amides is 1. The van der Waals surface area contributed by atoms with Crippen molar-refractivity contribution < 1.29 is 4.79 Å². The molecule has 1 aromatic carbocycles. The van der Waals surface area contributed by atoms with E-state index in [-0.39, 0.29) is 17.5 Å². The van der Waals surface area contributed by atoms with Crippen molar-refractivity contribution >= 4 is 11.6 Å². The van der Waals surface area contributed by atoms with E-state index in [0.717, 1.165) is 56.5 Å². The minimum absolute atomic E-state index is 0.112. The second-order valence-electron chi connectivity index (χ2n) is 9.19. The highest BCUT2D eigenvalue weighted by Gasteiger charge is 2.27. The average Bonchev–Trinajstić information content (AvgIpc) is 3.10. The molecule has 32 heavy (non-hydrogen) atoms. The van der Waals surface area contributed by atoms with Gasteiger partial charge in [0, 0.05) is 44.8 Å². The molecule has 1 aliphatic carbocycles. The van der Waals surface area contributed by atoms with Crippen molar-refractivity contribution in [2.45, 2.75) is 64.1 Å². The van der Waals surface area contributed by atoms with Crippen molar-refractivity contribution in [2.75, 3.05) is 6.54 Å². The Bertz CT molecular complexity index is 1170. The van der Waals surface area contributed by atoms with Gasteiger partial charge in [-0.1, -0.05) is 56.0 Å². The number of fused-ring (bicyclic) bond motifs is 2. The molecule has 7 nitrogen and oxygen atoms in total. The van der Waals surface area contributed by atoms with E-state index >= 15 is 0 Å². The summed E-state index contributed by atoms with van der Waals surface area (Å²) in [5.41, 5.74) is 4.00. The monoisotopic (exact) mass is 433 g/mol. The number of aryl methyl sites for hydroxylation is 1. The predicted molar refractivity (Wildman–Crippen MR) is 124 cm³/mol. The summed E-state index contributed by atoms with van der Waals surface area (Å²) in [6, 6.07) is 10.5. The maximum atomic E-state index is 13.3. The molecule has 0 atom stereocenters. The van der Waals surface area contributed by atoms with Gasteiger partial charge in [0.05, 0.1) is 11.8 Å². The van der Waals surface area contributed by atoms with Crippen LogP contribution in [0.5, 0.6) is 0 Å². The van der Waals surface area contributed by atoms with Crippen molar-refractivity contribution in [3.63, 3.8) is 0 Å². The van der Waals surface area contributed by atoms with Gasteiger partial charge in [0.15, 0.2) is 5.65 Å². The van der Waals surface area contributed by atoms with Gasteiger partial charge in [0.1, 0.15) is 5.56 Å². The number of carbonyl (C=O) groups excluding carboxylic acids is 1. The molecular weight excluding hydrogens is 402 g/mol. The van der Waals surface area contributed by atoms with Crippen molar-refractivity contribution in [2.24, 2.45) is 7.05 Å². The van der Waals surface area contributed by atoms with Gasteiger partial charge in [-0.3, -0.25) is 14.5 Å². The Labute approximate surface area is 188 Å². The predicted octanol–water partition coefficient (Wildman–Crippen LogP) is 3.04. The van der Waals surface area contributed by atoms with Gasteiger partial charge < -0.3 is 9.88 Å². The second-order valence-corrected chi connectivity index (χ2v) is 9.19. The molecule has 0 unspecified atom stereocenters. The minimum atomic E-state index is -0.122. The van der Waals surface area contributed by atoms with Gasteiger partial charge >= 0.3 is 0 Å². The molecule has 0 bridgehead atoms. The van der Waals surface area contributed by atoms with Crippen LogP contribution in [0.1, 0.15) is 65.7 Å². The fourth-order valence-electron chi connectivity index (χ4n) is 5.26. The van der Waals surface area contributed by atoms with Crippen molar-refractivity contribution in [1.82, 2.24) is 24.4 Å². The lowest BCUT2D eigenvalue weighted by Gasteiger charge is -2.30. The zero-order chi connectivity index (χ0) is 22.1. The molecule has 0 radical (unpaired) electrons. The molecule has 1 saturated carbocycles. The number of hydrogen-bond donors (Lipinski definition) is 1. The van der Waals surface area contributed by atoms with Crippen LogP contribution in [0, 0.1) is 0 Å². The highest BCUT2D eigenvalue weighted by atomic mass is 16.2. The number of aromatic nitrogens is 3. The Morgan fingerprint density at radius 2 is 1.88 bits per heavy atom. The Morgan fingerprint density at radius 1 is 1.12 bits per heavy atom. The molecule has 0 spiro atoms. The van der Waals surface area contributed by atoms with Crippen LogP contribution in [-0.2, 0) is 26.6 Å². The van der Waals surface area contributed by atoms with Crippen LogP contribution < -0.4 is 10.9 Å². The number of hydrogen-bond acceptors (Lipinski definition) is 4. The smallest absolute Gasteiger partial charge is 0.279 e. The van der Waals surface area contributed by atoms with Crippen molar-refractivity contribution in [3.8, 4) is 0 Å². The van der Waals surface area contributed by atoms with Gasteiger partial charge in [-0.05, 0) is 18.4 Å². The van der Waals surface area contributed by atoms with Crippen molar-refractivity contribution in [1.29, 1.82) is 0 Å². The third-order valence-corrected chi connectivity index (χ3v) is 7.00. The second kappa shape index (κ2) is 8.90. The van der Waals surface area contributed by atoms with E-state index in [4.69, 9.17) is 0 Å². The van der Waals surface area contributed by atoms with Crippen LogP contribution in [0.3, 0.4) is 0 Å². The SMILES string of the molecule is Cn1c2c(c(=O)n3ncc(C(=O)NC4CCCCCC4)c13)CN(Cc1ccccc1)CC2. The molecule has 2 aromatic heterocycles. The highest BCUT2D eigenvalue weighted by molar-refractivity contribution is 6.00. The molecule has 0 saturated heterocycles. The van der Waals surface area contributed by atoms with Crippen LogP contribution in [-0.4, -0.2) is 37.6 Å². The Morgan fingerprint density at radius 3 is 2.62 bits per heavy atom. The summed E-state index contributed by atoms with van der Waals surface area (Å²) < 4.78 is 3.42. The number of nitrogens with zero attached hydrogens (tertiary/aromatic N) is 4.